The maximum Gasteiger partial charge on any atom is 0.164 e. The minimum Gasteiger partial charge on any atom is -0.313 e. The van der Waals surface area contributed by atoms with Gasteiger partial charge in [-0.2, -0.15) is 4.37 Å². The van der Waals surface area contributed by atoms with E-state index in [9.17, 15) is 4.79 Å². The Hall–Kier alpha value is -1.94. The highest BCUT2D eigenvalue weighted by Crippen LogP contribution is 2.26. The van der Waals surface area contributed by atoms with Crippen molar-refractivity contribution in [1.29, 1.82) is 0 Å². The predicted molar refractivity (Wildman–Crippen MR) is 73.6 cm³/mol. The molecule has 3 aromatic rings. The Balaban J connectivity index is 2.31. The third kappa shape index (κ3) is 1.66. The van der Waals surface area contributed by atoms with Crippen molar-refractivity contribution in [1.82, 2.24) is 8.94 Å². The van der Waals surface area contributed by atoms with Crippen LogP contribution in [0.3, 0.4) is 0 Å². The Morgan fingerprint density at radius 2 is 2.22 bits per heavy atom. The van der Waals surface area contributed by atoms with Crippen LogP contribution in [-0.4, -0.2) is 14.7 Å². The van der Waals surface area contributed by atoms with E-state index in [2.05, 4.69) is 4.37 Å². The first-order valence-corrected chi connectivity index (χ1v) is 6.68. The van der Waals surface area contributed by atoms with Gasteiger partial charge in [-0.05, 0) is 17.6 Å². The van der Waals surface area contributed by atoms with Crippen LogP contribution in [-0.2, 0) is 0 Å². The van der Waals surface area contributed by atoms with Gasteiger partial charge in [-0.1, -0.05) is 25.1 Å². The first-order valence-electron chi connectivity index (χ1n) is 5.84. The molecule has 2 heterocycles. The number of para-hydroxylation sites is 1. The maximum absolute atomic E-state index is 12.0. The Bertz CT molecular complexity index is 698. The lowest BCUT2D eigenvalue weighted by Crippen LogP contribution is -1.94. The second-order valence-electron chi connectivity index (χ2n) is 4.09. The zero-order valence-corrected chi connectivity index (χ0v) is 10.8. The quantitative estimate of drug-likeness (QED) is 0.670. The highest BCUT2D eigenvalue weighted by atomic mass is 32.1. The second-order valence-corrected chi connectivity index (χ2v) is 4.75. The average Bonchev–Trinajstić information content (AvgIpc) is 3.04. The monoisotopic (exact) mass is 256 g/mol. The van der Waals surface area contributed by atoms with E-state index in [1.165, 1.54) is 11.5 Å². The Kier molecular flexibility index (Phi) is 2.72. The van der Waals surface area contributed by atoms with Crippen LogP contribution in [0.1, 0.15) is 23.7 Å². The van der Waals surface area contributed by atoms with Crippen LogP contribution in [0.5, 0.6) is 0 Å². The molecule has 0 amide bonds. The lowest BCUT2D eigenvalue weighted by molar-refractivity contribution is 0.0989. The SMILES string of the molecule is CCC(=O)c1cn(-c2cnsc2)c2ccccc12. The van der Waals surface area contributed by atoms with Crippen LogP contribution < -0.4 is 0 Å². The third-order valence-corrected chi connectivity index (χ3v) is 3.60. The highest BCUT2D eigenvalue weighted by molar-refractivity contribution is 7.03. The van der Waals surface area contributed by atoms with Gasteiger partial charge in [-0.3, -0.25) is 4.79 Å². The predicted octanol–water partition coefficient (Wildman–Crippen LogP) is 3.68. The van der Waals surface area contributed by atoms with Crippen molar-refractivity contribution in [2.24, 2.45) is 0 Å². The normalized spacial score (nSPS) is 10.9. The van der Waals surface area contributed by atoms with E-state index in [0.29, 0.717) is 6.42 Å². The van der Waals surface area contributed by atoms with E-state index >= 15 is 0 Å². The van der Waals surface area contributed by atoms with E-state index < -0.39 is 0 Å². The fourth-order valence-electron chi connectivity index (χ4n) is 2.12. The molecule has 0 bridgehead atoms. The van der Waals surface area contributed by atoms with E-state index in [1.807, 2.05) is 53.5 Å². The number of Topliss-reactive ketones (excluding diaryl/α,β-unsaturated/α-hetero) is 1. The van der Waals surface area contributed by atoms with Crippen LogP contribution in [0, 0.1) is 0 Å². The van der Waals surface area contributed by atoms with Crippen molar-refractivity contribution in [3.05, 3.63) is 47.6 Å². The van der Waals surface area contributed by atoms with Gasteiger partial charge >= 0.3 is 0 Å². The molecule has 1 aromatic carbocycles. The van der Waals surface area contributed by atoms with Gasteiger partial charge in [-0.15, -0.1) is 0 Å². The van der Waals surface area contributed by atoms with Gasteiger partial charge in [0.2, 0.25) is 0 Å². The molecule has 0 fully saturated rings. The number of ketones is 1. The van der Waals surface area contributed by atoms with E-state index in [-0.39, 0.29) is 5.78 Å². The number of fused-ring (bicyclic) bond motifs is 1. The average molecular weight is 256 g/mol. The van der Waals surface area contributed by atoms with E-state index in [1.54, 1.807) is 0 Å². The fraction of sp³-hybridized carbons (Fsp3) is 0.143. The van der Waals surface area contributed by atoms with E-state index in [0.717, 1.165) is 22.2 Å². The van der Waals surface area contributed by atoms with Gasteiger partial charge in [0.05, 0.1) is 17.4 Å². The smallest absolute Gasteiger partial charge is 0.164 e. The molecule has 4 heteroatoms. The van der Waals surface area contributed by atoms with Crippen molar-refractivity contribution < 1.29 is 4.79 Å². The number of nitrogens with zero attached hydrogens (tertiary/aromatic N) is 2. The van der Waals surface area contributed by atoms with Crippen LogP contribution in [0.2, 0.25) is 0 Å². The number of hydrogen-bond acceptors (Lipinski definition) is 3. The lowest BCUT2D eigenvalue weighted by Gasteiger charge is -1.99. The molecule has 3 rings (SSSR count). The van der Waals surface area contributed by atoms with Gasteiger partial charge in [-0.25, -0.2) is 0 Å². The number of carbonyl (C=O) groups is 1. The number of carbonyl (C=O) groups excluding carboxylic acids is 1. The molecule has 2 aromatic heterocycles. The standard InChI is InChI=1S/C14H12N2OS/c1-2-14(17)12-8-16(10-7-15-18-9-10)13-6-4-3-5-11(12)13/h3-9H,2H2,1H3. The largest absolute Gasteiger partial charge is 0.313 e. The number of rotatable bonds is 3. The molecule has 0 aliphatic rings. The van der Waals surface area contributed by atoms with Crippen molar-refractivity contribution in [2.75, 3.05) is 0 Å². The number of aromatic nitrogens is 2. The molecule has 0 aliphatic heterocycles. The van der Waals surface area contributed by atoms with Crippen LogP contribution in [0.25, 0.3) is 16.6 Å². The first kappa shape index (κ1) is 11.2. The Labute approximate surface area is 109 Å². The van der Waals surface area contributed by atoms with Crippen molar-refractivity contribution in [2.45, 2.75) is 13.3 Å². The summed E-state index contributed by atoms with van der Waals surface area (Å²) in [5, 5.41) is 2.99. The molecule has 0 spiro atoms. The third-order valence-electron chi connectivity index (χ3n) is 3.03. The summed E-state index contributed by atoms with van der Waals surface area (Å²) >= 11 is 1.41. The first-order chi connectivity index (χ1) is 8.81. The summed E-state index contributed by atoms with van der Waals surface area (Å²) in [7, 11) is 0. The number of benzene rings is 1. The van der Waals surface area contributed by atoms with Gasteiger partial charge in [0.15, 0.2) is 5.78 Å². The summed E-state index contributed by atoms with van der Waals surface area (Å²) in [5.41, 5.74) is 2.85. The molecule has 0 atom stereocenters. The van der Waals surface area contributed by atoms with Crippen LogP contribution in [0.4, 0.5) is 0 Å². The summed E-state index contributed by atoms with van der Waals surface area (Å²) in [4.78, 5) is 12.0. The van der Waals surface area contributed by atoms with E-state index in [4.69, 9.17) is 0 Å². The maximum atomic E-state index is 12.0. The Morgan fingerprint density at radius 3 is 2.94 bits per heavy atom. The topological polar surface area (TPSA) is 34.9 Å². The second kappa shape index (κ2) is 4.38. The minimum atomic E-state index is 0.174. The summed E-state index contributed by atoms with van der Waals surface area (Å²) in [6, 6.07) is 7.97. The Morgan fingerprint density at radius 1 is 1.39 bits per heavy atom. The summed E-state index contributed by atoms with van der Waals surface area (Å²) in [5.74, 6) is 0.174. The molecule has 0 aliphatic carbocycles. The molecule has 18 heavy (non-hydrogen) atoms. The summed E-state index contributed by atoms with van der Waals surface area (Å²) < 4.78 is 6.15. The molecule has 0 saturated carbocycles. The van der Waals surface area contributed by atoms with Gasteiger partial charge < -0.3 is 4.57 Å². The van der Waals surface area contributed by atoms with Gasteiger partial charge in [0, 0.05) is 28.9 Å². The molecular weight excluding hydrogens is 244 g/mol. The molecule has 0 unspecified atom stereocenters. The zero-order chi connectivity index (χ0) is 12.5. The molecular formula is C14H12N2OS. The van der Waals surface area contributed by atoms with Crippen molar-refractivity contribution >= 4 is 28.2 Å². The highest BCUT2D eigenvalue weighted by Gasteiger charge is 2.14. The summed E-state index contributed by atoms with van der Waals surface area (Å²) in [6.45, 7) is 1.89. The zero-order valence-electron chi connectivity index (χ0n) is 9.96. The molecule has 0 saturated heterocycles. The van der Waals surface area contributed by atoms with Crippen molar-refractivity contribution in [3.63, 3.8) is 0 Å². The lowest BCUT2D eigenvalue weighted by atomic mass is 10.1. The minimum absolute atomic E-state index is 0.174. The molecule has 0 radical (unpaired) electrons. The van der Waals surface area contributed by atoms with Crippen LogP contribution >= 0.6 is 11.5 Å². The molecule has 0 N–H and O–H groups in total. The van der Waals surface area contributed by atoms with Gasteiger partial charge in [0.1, 0.15) is 0 Å². The molecule has 3 nitrogen and oxygen atoms in total. The summed E-state index contributed by atoms with van der Waals surface area (Å²) in [6.07, 6.45) is 4.26. The van der Waals surface area contributed by atoms with Gasteiger partial charge in [0.25, 0.3) is 0 Å². The van der Waals surface area contributed by atoms with Crippen LogP contribution in [0.15, 0.2) is 42.0 Å². The van der Waals surface area contributed by atoms with Crippen molar-refractivity contribution in [3.8, 4) is 5.69 Å². The number of hydrogen-bond donors (Lipinski definition) is 0. The fourth-order valence-corrected chi connectivity index (χ4v) is 2.64. The molecule has 90 valence electrons.